The quantitative estimate of drug-likeness (QED) is 0.0661. The summed E-state index contributed by atoms with van der Waals surface area (Å²) in [5.41, 5.74) is 10.1. The van der Waals surface area contributed by atoms with Gasteiger partial charge in [-0.2, -0.15) is 0 Å². The SMILES string of the molecule is CCCCCCCCOc1ccccc1C(=O)NNC(=O)NCCCNC(=O)NNC(=O)c1ccccc1OCCCCCCCC. The topological polar surface area (TPSA) is 159 Å². The van der Waals surface area contributed by atoms with Crippen LogP contribution in [0, 0.1) is 0 Å². The van der Waals surface area contributed by atoms with E-state index < -0.39 is 23.9 Å². The van der Waals surface area contributed by atoms with Gasteiger partial charge in [0, 0.05) is 13.1 Å². The van der Waals surface area contributed by atoms with E-state index in [2.05, 4.69) is 46.2 Å². The van der Waals surface area contributed by atoms with Gasteiger partial charge in [0.1, 0.15) is 11.5 Å². The third-order valence-electron chi connectivity index (χ3n) is 7.28. The summed E-state index contributed by atoms with van der Waals surface area (Å²) in [6.45, 7) is 5.87. The average molecular weight is 655 g/mol. The van der Waals surface area contributed by atoms with Crippen molar-refractivity contribution in [3.8, 4) is 11.5 Å². The zero-order valence-corrected chi connectivity index (χ0v) is 28.1. The van der Waals surface area contributed by atoms with Gasteiger partial charge in [-0.15, -0.1) is 0 Å². The summed E-state index contributed by atoms with van der Waals surface area (Å²) in [5, 5.41) is 5.20. The Morgan fingerprint density at radius 1 is 0.489 bits per heavy atom. The van der Waals surface area contributed by atoms with Crippen LogP contribution in [0.25, 0.3) is 0 Å². The summed E-state index contributed by atoms with van der Waals surface area (Å²) in [7, 11) is 0. The molecule has 260 valence electrons. The maximum Gasteiger partial charge on any atom is 0.333 e. The first-order valence-corrected chi connectivity index (χ1v) is 17.1. The molecule has 0 aliphatic rings. The molecule has 2 aromatic carbocycles. The second-order valence-electron chi connectivity index (χ2n) is 11.2. The largest absolute Gasteiger partial charge is 0.493 e. The molecule has 0 saturated heterocycles. The number of ether oxygens (including phenoxy) is 2. The lowest BCUT2D eigenvalue weighted by Crippen LogP contribution is -2.48. The molecule has 0 unspecified atom stereocenters. The minimum Gasteiger partial charge on any atom is -0.493 e. The van der Waals surface area contributed by atoms with E-state index >= 15 is 0 Å². The molecule has 0 spiro atoms. The van der Waals surface area contributed by atoms with E-state index in [-0.39, 0.29) is 13.1 Å². The lowest BCUT2D eigenvalue weighted by atomic mass is 10.1. The van der Waals surface area contributed by atoms with Gasteiger partial charge in [0.05, 0.1) is 24.3 Å². The van der Waals surface area contributed by atoms with Gasteiger partial charge in [-0.3, -0.25) is 20.4 Å². The van der Waals surface area contributed by atoms with Gasteiger partial charge in [-0.25, -0.2) is 20.4 Å². The molecular weight excluding hydrogens is 600 g/mol. The van der Waals surface area contributed by atoms with Gasteiger partial charge in [-0.05, 0) is 43.5 Å². The molecule has 0 aliphatic carbocycles. The first kappa shape index (κ1) is 38.7. The van der Waals surface area contributed by atoms with Crippen molar-refractivity contribution in [3.05, 3.63) is 59.7 Å². The van der Waals surface area contributed by atoms with Crippen LogP contribution in [0.2, 0.25) is 0 Å². The molecule has 2 aromatic rings. The maximum absolute atomic E-state index is 12.6. The fourth-order valence-corrected chi connectivity index (χ4v) is 4.63. The van der Waals surface area contributed by atoms with Gasteiger partial charge >= 0.3 is 12.1 Å². The molecule has 6 N–H and O–H groups in total. The van der Waals surface area contributed by atoms with Crippen LogP contribution in [0.4, 0.5) is 9.59 Å². The highest BCUT2D eigenvalue weighted by Gasteiger charge is 2.14. The smallest absolute Gasteiger partial charge is 0.333 e. The number of benzene rings is 2. The number of rotatable bonds is 22. The molecule has 0 atom stereocenters. The molecule has 6 amide bonds. The Morgan fingerprint density at radius 2 is 0.872 bits per heavy atom. The Bertz CT molecular complexity index is 1120. The Kier molecular flexibility index (Phi) is 20.4. The van der Waals surface area contributed by atoms with Gasteiger partial charge < -0.3 is 20.1 Å². The van der Waals surface area contributed by atoms with Crippen LogP contribution >= 0.6 is 0 Å². The molecule has 0 fully saturated rings. The van der Waals surface area contributed by atoms with E-state index in [1.807, 2.05) is 0 Å². The van der Waals surface area contributed by atoms with Gasteiger partial charge in [0.25, 0.3) is 11.8 Å². The van der Waals surface area contributed by atoms with Crippen molar-refractivity contribution in [2.24, 2.45) is 0 Å². The van der Waals surface area contributed by atoms with Crippen LogP contribution in [0.5, 0.6) is 11.5 Å². The average Bonchev–Trinajstić information content (AvgIpc) is 3.09. The first-order valence-electron chi connectivity index (χ1n) is 17.1. The number of amides is 6. The fourth-order valence-electron chi connectivity index (χ4n) is 4.63. The Morgan fingerprint density at radius 3 is 1.30 bits per heavy atom. The zero-order chi connectivity index (χ0) is 34.0. The van der Waals surface area contributed by atoms with Gasteiger partial charge in [0.15, 0.2) is 0 Å². The van der Waals surface area contributed by atoms with Crippen molar-refractivity contribution < 1.29 is 28.7 Å². The monoisotopic (exact) mass is 654 g/mol. The summed E-state index contributed by atoms with van der Waals surface area (Å²) < 4.78 is 11.6. The standard InChI is InChI=1S/C35H54N6O6/c1-3-5-7-9-11-17-26-46-30-22-15-13-20-28(30)32(42)38-40-34(44)36-24-19-25-37-35(45)41-39-33(43)29-21-14-16-23-31(29)47-27-18-12-10-8-6-4-2/h13-16,20-23H,3-12,17-19,24-27H2,1-2H3,(H,38,42)(H,39,43)(H2,36,40,44)(H2,37,41,45). The van der Waals surface area contributed by atoms with E-state index in [9.17, 15) is 19.2 Å². The summed E-state index contributed by atoms with van der Waals surface area (Å²) in [6.07, 6.45) is 14.1. The highest BCUT2D eigenvalue weighted by atomic mass is 16.5. The van der Waals surface area contributed by atoms with E-state index in [0.29, 0.717) is 42.3 Å². The van der Waals surface area contributed by atoms with E-state index in [0.717, 1.165) is 25.7 Å². The number of hydrogen-bond acceptors (Lipinski definition) is 6. The summed E-state index contributed by atoms with van der Waals surface area (Å²) in [6, 6.07) is 12.6. The maximum atomic E-state index is 12.6. The van der Waals surface area contributed by atoms with Crippen molar-refractivity contribution in [1.29, 1.82) is 0 Å². The minimum atomic E-state index is -0.599. The Labute approximate surface area is 279 Å². The van der Waals surface area contributed by atoms with Crippen LogP contribution in [-0.4, -0.2) is 50.2 Å². The number of carbonyl (C=O) groups excluding carboxylic acids is 4. The fraction of sp³-hybridized carbons (Fsp3) is 0.543. The highest BCUT2D eigenvalue weighted by molar-refractivity contribution is 5.98. The van der Waals surface area contributed by atoms with Crippen molar-refractivity contribution in [2.75, 3.05) is 26.3 Å². The molecule has 0 radical (unpaired) electrons. The van der Waals surface area contributed by atoms with Crippen LogP contribution in [0.1, 0.15) is 118 Å². The normalized spacial score (nSPS) is 10.4. The predicted octanol–water partition coefficient (Wildman–Crippen LogP) is 6.14. The van der Waals surface area contributed by atoms with Crippen LogP contribution in [0.3, 0.4) is 0 Å². The molecule has 47 heavy (non-hydrogen) atoms. The van der Waals surface area contributed by atoms with Gasteiger partial charge in [0.2, 0.25) is 0 Å². The van der Waals surface area contributed by atoms with E-state index in [1.54, 1.807) is 48.5 Å². The van der Waals surface area contributed by atoms with Crippen molar-refractivity contribution >= 4 is 23.9 Å². The van der Waals surface area contributed by atoms with Crippen LogP contribution < -0.4 is 41.8 Å². The third-order valence-corrected chi connectivity index (χ3v) is 7.28. The molecule has 12 nitrogen and oxygen atoms in total. The molecule has 0 heterocycles. The highest BCUT2D eigenvalue weighted by Crippen LogP contribution is 2.19. The summed E-state index contributed by atoms with van der Waals surface area (Å²) >= 11 is 0. The first-order chi connectivity index (χ1) is 23.0. The lowest BCUT2D eigenvalue weighted by Gasteiger charge is -2.13. The number of unbranched alkanes of at least 4 members (excludes halogenated alkanes) is 10. The number of carbonyl (C=O) groups is 4. The zero-order valence-electron chi connectivity index (χ0n) is 28.1. The second-order valence-corrected chi connectivity index (χ2v) is 11.2. The molecular formula is C35H54N6O6. The molecule has 0 bridgehead atoms. The number of urea groups is 2. The molecule has 2 rings (SSSR count). The molecule has 0 saturated carbocycles. The Balaban J connectivity index is 1.59. The number of nitrogens with one attached hydrogen (secondary N) is 6. The number of hydrogen-bond donors (Lipinski definition) is 6. The summed E-state index contributed by atoms with van der Waals surface area (Å²) in [5.74, 6) is -0.0677. The van der Waals surface area contributed by atoms with Crippen molar-refractivity contribution in [3.63, 3.8) is 0 Å². The second kappa shape index (κ2) is 24.7. The predicted molar refractivity (Wildman–Crippen MR) is 183 cm³/mol. The molecule has 0 aromatic heterocycles. The van der Waals surface area contributed by atoms with Gasteiger partial charge in [-0.1, -0.05) is 102 Å². The van der Waals surface area contributed by atoms with Crippen LogP contribution in [-0.2, 0) is 0 Å². The summed E-state index contributed by atoms with van der Waals surface area (Å²) in [4.78, 5) is 49.5. The molecule has 0 aliphatic heterocycles. The number of hydrazine groups is 2. The number of para-hydroxylation sites is 2. The third kappa shape index (κ3) is 17.1. The van der Waals surface area contributed by atoms with Crippen LogP contribution in [0.15, 0.2) is 48.5 Å². The minimum absolute atomic E-state index is 0.232. The molecule has 12 heteroatoms. The van der Waals surface area contributed by atoms with Crippen molar-refractivity contribution in [2.45, 2.75) is 97.3 Å². The Hall–Kier alpha value is -4.48. The van der Waals surface area contributed by atoms with E-state index in [4.69, 9.17) is 9.47 Å². The van der Waals surface area contributed by atoms with Crippen molar-refractivity contribution in [1.82, 2.24) is 32.3 Å². The lowest BCUT2D eigenvalue weighted by molar-refractivity contribution is 0.0925. The van der Waals surface area contributed by atoms with E-state index in [1.165, 1.54) is 51.4 Å².